The van der Waals surface area contributed by atoms with Gasteiger partial charge in [0, 0.05) is 12.1 Å². The minimum Gasteiger partial charge on any atom is -0.481 e. The maximum atomic E-state index is 11.2. The summed E-state index contributed by atoms with van der Waals surface area (Å²) in [6, 6.07) is 5.40. The summed E-state index contributed by atoms with van der Waals surface area (Å²) in [4.78, 5) is 22.2. The number of hydrogen-bond acceptors (Lipinski definition) is 2. The fourth-order valence-corrected chi connectivity index (χ4v) is 1.99. The summed E-state index contributed by atoms with van der Waals surface area (Å²) < 4.78 is 0. The van der Waals surface area contributed by atoms with Crippen LogP contribution in [0.5, 0.6) is 0 Å². The Morgan fingerprint density at radius 3 is 2.88 bits per heavy atom. The highest BCUT2D eigenvalue weighted by atomic mass is 16.4. The minimum absolute atomic E-state index is 0.00683. The second-order valence-electron chi connectivity index (χ2n) is 3.98. The Balaban J connectivity index is 2.44. The van der Waals surface area contributed by atoms with Gasteiger partial charge in [-0.25, -0.2) is 0 Å². The van der Waals surface area contributed by atoms with Crippen molar-refractivity contribution < 1.29 is 14.7 Å². The van der Waals surface area contributed by atoms with Gasteiger partial charge in [0.15, 0.2) is 0 Å². The van der Waals surface area contributed by atoms with Crippen LogP contribution in [0, 0.1) is 0 Å². The zero-order valence-electron chi connectivity index (χ0n) is 8.99. The van der Waals surface area contributed by atoms with Crippen molar-refractivity contribution in [3.8, 4) is 0 Å². The van der Waals surface area contributed by atoms with E-state index in [1.807, 2.05) is 12.1 Å². The fourth-order valence-electron chi connectivity index (χ4n) is 1.99. The SMILES string of the molecule is CC(C(=O)O)c1cccc2c1CCC(=O)N2. The minimum atomic E-state index is -0.842. The van der Waals surface area contributed by atoms with E-state index in [1.54, 1.807) is 13.0 Å². The molecule has 0 radical (unpaired) electrons. The lowest BCUT2D eigenvalue weighted by Crippen LogP contribution is -2.21. The zero-order chi connectivity index (χ0) is 11.7. The van der Waals surface area contributed by atoms with Gasteiger partial charge in [0.1, 0.15) is 0 Å². The van der Waals surface area contributed by atoms with E-state index in [9.17, 15) is 9.59 Å². The van der Waals surface area contributed by atoms with Crippen molar-refractivity contribution in [2.75, 3.05) is 5.32 Å². The van der Waals surface area contributed by atoms with E-state index in [-0.39, 0.29) is 5.91 Å². The molecule has 4 heteroatoms. The lowest BCUT2D eigenvalue weighted by Gasteiger charge is -2.21. The van der Waals surface area contributed by atoms with Gasteiger partial charge in [-0.15, -0.1) is 0 Å². The molecule has 4 nitrogen and oxygen atoms in total. The Labute approximate surface area is 93.3 Å². The smallest absolute Gasteiger partial charge is 0.310 e. The molecule has 84 valence electrons. The van der Waals surface area contributed by atoms with Crippen LogP contribution in [0.3, 0.4) is 0 Å². The summed E-state index contributed by atoms with van der Waals surface area (Å²) in [5.74, 6) is -1.39. The van der Waals surface area contributed by atoms with Gasteiger partial charge in [0.25, 0.3) is 0 Å². The average molecular weight is 219 g/mol. The lowest BCUT2D eigenvalue weighted by atomic mass is 9.90. The first-order chi connectivity index (χ1) is 7.59. The number of rotatable bonds is 2. The molecule has 0 aliphatic carbocycles. The van der Waals surface area contributed by atoms with Crippen LogP contribution < -0.4 is 5.32 Å². The summed E-state index contributed by atoms with van der Waals surface area (Å²) in [5, 5.41) is 11.8. The van der Waals surface area contributed by atoms with Crippen molar-refractivity contribution in [1.82, 2.24) is 0 Å². The Morgan fingerprint density at radius 1 is 1.44 bits per heavy atom. The van der Waals surface area contributed by atoms with Crippen molar-refractivity contribution >= 4 is 17.6 Å². The molecule has 1 aliphatic heterocycles. The van der Waals surface area contributed by atoms with E-state index in [0.29, 0.717) is 12.8 Å². The first-order valence-corrected chi connectivity index (χ1v) is 5.24. The third-order valence-corrected chi connectivity index (χ3v) is 2.93. The molecule has 0 saturated heterocycles. The number of hydrogen-bond donors (Lipinski definition) is 2. The van der Waals surface area contributed by atoms with E-state index in [0.717, 1.165) is 16.8 Å². The number of benzene rings is 1. The molecular formula is C12H13NO3. The van der Waals surface area contributed by atoms with Gasteiger partial charge in [-0.05, 0) is 30.5 Å². The molecule has 0 saturated carbocycles. The quantitative estimate of drug-likeness (QED) is 0.796. The molecule has 1 heterocycles. The van der Waals surface area contributed by atoms with E-state index in [2.05, 4.69) is 5.32 Å². The number of aliphatic carboxylic acids is 1. The molecule has 0 bridgehead atoms. The first-order valence-electron chi connectivity index (χ1n) is 5.24. The molecule has 1 unspecified atom stereocenters. The molecule has 1 aromatic carbocycles. The molecule has 0 aromatic heterocycles. The fraction of sp³-hybridized carbons (Fsp3) is 0.333. The highest BCUT2D eigenvalue weighted by Crippen LogP contribution is 2.30. The Kier molecular flexibility index (Phi) is 2.64. The average Bonchev–Trinajstić information content (AvgIpc) is 2.26. The Bertz CT molecular complexity index is 454. The van der Waals surface area contributed by atoms with E-state index in [1.165, 1.54) is 0 Å². The number of carboxylic acid groups (broad SMARTS) is 1. The Morgan fingerprint density at radius 2 is 2.19 bits per heavy atom. The van der Waals surface area contributed by atoms with Crippen LogP contribution in [0.1, 0.15) is 30.4 Å². The summed E-state index contributed by atoms with van der Waals surface area (Å²) in [5.41, 5.74) is 2.50. The molecule has 1 aromatic rings. The van der Waals surface area contributed by atoms with Gasteiger partial charge in [0.05, 0.1) is 5.92 Å². The molecule has 0 fully saturated rings. The molecule has 1 aliphatic rings. The summed E-state index contributed by atoms with van der Waals surface area (Å²) in [6.07, 6.45) is 1.05. The van der Waals surface area contributed by atoms with Crippen LogP contribution in [0.2, 0.25) is 0 Å². The van der Waals surface area contributed by atoms with Gasteiger partial charge < -0.3 is 10.4 Å². The number of carboxylic acids is 1. The van der Waals surface area contributed by atoms with Crippen LogP contribution >= 0.6 is 0 Å². The predicted octanol–water partition coefficient (Wildman–Crippen LogP) is 1.76. The number of amides is 1. The monoisotopic (exact) mass is 219 g/mol. The highest BCUT2D eigenvalue weighted by molar-refractivity contribution is 5.94. The predicted molar refractivity (Wildman–Crippen MR) is 59.4 cm³/mol. The van der Waals surface area contributed by atoms with Crippen molar-refractivity contribution in [3.63, 3.8) is 0 Å². The number of anilines is 1. The standard InChI is InChI=1S/C12H13NO3/c1-7(12(15)16)8-3-2-4-10-9(8)5-6-11(14)13-10/h2-4,7H,5-6H2,1H3,(H,13,14)(H,15,16). The molecule has 1 atom stereocenters. The summed E-state index contributed by atoms with van der Waals surface area (Å²) >= 11 is 0. The molecule has 1 amide bonds. The van der Waals surface area contributed by atoms with Crippen LogP contribution in [-0.2, 0) is 16.0 Å². The van der Waals surface area contributed by atoms with Crippen LogP contribution in [0.25, 0.3) is 0 Å². The van der Waals surface area contributed by atoms with Crippen LogP contribution in [0.4, 0.5) is 5.69 Å². The second kappa shape index (κ2) is 3.96. The number of carbonyl (C=O) groups is 2. The molecule has 0 spiro atoms. The van der Waals surface area contributed by atoms with E-state index in [4.69, 9.17) is 5.11 Å². The van der Waals surface area contributed by atoms with E-state index < -0.39 is 11.9 Å². The van der Waals surface area contributed by atoms with Crippen LogP contribution in [-0.4, -0.2) is 17.0 Å². The van der Waals surface area contributed by atoms with Crippen molar-refractivity contribution in [2.45, 2.75) is 25.7 Å². The second-order valence-corrected chi connectivity index (χ2v) is 3.98. The van der Waals surface area contributed by atoms with Crippen molar-refractivity contribution in [2.24, 2.45) is 0 Å². The molecule has 16 heavy (non-hydrogen) atoms. The highest BCUT2D eigenvalue weighted by Gasteiger charge is 2.22. The number of fused-ring (bicyclic) bond motifs is 1. The largest absolute Gasteiger partial charge is 0.481 e. The lowest BCUT2D eigenvalue weighted by molar-refractivity contribution is -0.138. The van der Waals surface area contributed by atoms with E-state index >= 15 is 0 Å². The van der Waals surface area contributed by atoms with Crippen LogP contribution in [0.15, 0.2) is 18.2 Å². The molecule has 2 N–H and O–H groups in total. The zero-order valence-corrected chi connectivity index (χ0v) is 8.99. The Hall–Kier alpha value is -1.84. The third kappa shape index (κ3) is 1.78. The van der Waals surface area contributed by atoms with Crippen molar-refractivity contribution in [3.05, 3.63) is 29.3 Å². The molecular weight excluding hydrogens is 206 g/mol. The third-order valence-electron chi connectivity index (χ3n) is 2.93. The topological polar surface area (TPSA) is 66.4 Å². The maximum absolute atomic E-state index is 11.2. The number of nitrogens with one attached hydrogen (secondary N) is 1. The van der Waals surface area contributed by atoms with Crippen molar-refractivity contribution in [1.29, 1.82) is 0 Å². The molecule has 2 rings (SSSR count). The first kappa shape index (κ1) is 10.7. The van der Waals surface area contributed by atoms with Gasteiger partial charge in [-0.3, -0.25) is 9.59 Å². The maximum Gasteiger partial charge on any atom is 0.310 e. The van der Waals surface area contributed by atoms with Gasteiger partial charge in [0.2, 0.25) is 5.91 Å². The van der Waals surface area contributed by atoms with Gasteiger partial charge in [-0.1, -0.05) is 12.1 Å². The normalized spacial score (nSPS) is 16.2. The summed E-state index contributed by atoms with van der Waals surface area (Å²) in [6.45, 7) is 1.66. The van der Waals surface area contributed by atoms with Gasteiger partial charge >= 0.3 is 5.97 Å². The number of carbonyl (C=O) groups excluding carboxylic acids is 1. The van der Waals surface area contributed by atoms with Gasteiger partial charge in [-0.2, -0.15) is 0 Å². The summed E-state index contributed by atoms with van der Waals surface area (Å²) in [7, 11) is 0.